The van der Waals surface area contributed by atoms with Gasteiger partial charge in [0.25, 0.3) is 0 Å². The summed E-state index contributed by atoms with van der Waals surface area (Å²) in [4.78, 5) is 0. The Hall–Kier alpha value is -0.120. The monoisotopic (exact) mass is 274 g/mol. The summed E-state index contributed by atoms with van der Waals surface area (Å²) in [5.41, 5.74) is -0.267. The fourth-order valence-corrected chi connectivity index (χ4v) is 1.95. The minimum absolute atomic E-state index is 0.0970. The predicted octanol–water partition coefficient (Wildman–Crippen LogP) is 4.19. The molecule has 0 rings (SSSR count). The summed E-state index contributed by atoms with van der Waals surface area (Å²) in [6, 6.07) is 0. The van der Waals surface area contributed by atoms with Crippen LogP contribution in [0.3, 0.4) is 0 Å². The molecule has 0 N–H and O–H groups in total. The molecule has 1 atom stereocenters. The predicted molar refractivity (Wildman–Crippen MR) is 80.7 cm³/mol. The number of rotatable bonds is 9. The van der Waals surface area contributed by atoms with E-state index in [1.165, 1.54) is 0 Å². The average molecular weight is 274 g/mol. The lowest BCUT2D eigenvalue weighted by atomic mass is 9.99. The van der Waals surface area contributed by atoms with Crippen molar-refractivity contribution in [2.75, 3.05) is 13.2 Å². The van der Waals surface area contributed by atoms with Crippen molar-refractivity contribution >= 4 is 0 Å². The first-order chi connectivity index (χ1) is 8.56. The molecule has 0 aromatic heterocycles. The van der Waals surface area contributed by atoms with Gasteiger partial charge in [-0.2, -0.15) is 0 Å². The van der Waals surface area contributed by atoms with Gasteiger partial charge in [0.05, 0.1) is 36.6 Å². The summed E-state index contributed by atoms with van der Waals surface area (Å²) in [5, 5.41) is 0. The second-order valence-electron chi connectivity index (χ2n) is 6.99. The van der Waals surface area contributed by atoms with Crippen molar-refractivity contribution < 1.29 is 14.2 Å². The number of ether oxygens (including phenoxy) is 3. The van der Waals surface area contributed by atoms with E-state index < -0.39 is 0 Å². The Labute approximate surface area is 120 Å². The normalized spacial score (nSPS) is 15.0. The molecule has 0 aliphatic heterocycles. The molecule has 0 aliphatic carbocycles. The highest BCUT2D eigenvalue weighted by atomic mass is 16.5. The first-order valence-electron chi connectivity index (χ1n) is 7.49. The second-order valence-corrected chi connectivity index (χ2v) is 6.99. The van der Waals surface area contributed by atoms with Crippen LogP contribution in [-0.2, 0) is 14.2 Å². The van der Waals surface area contributed by atoms with E-state index in [-0.39, 0.29) is 23.4 Å². The Morgan fingerprint density at radius 2 is 1.42 bits per heavy atom. The minimum Gasteiger partial charge on any atom is -0.375 e. The zero-order valence-corrected chi connectivity index (χ0v) is 14.2. The molecular formula is C16H34O3. The molecule has 0 aromatic carbocycles. The molecule has 0 heterocycles. The van der Waals surface area contributed by atoms with Crippen LogP contribution < -0.4 is 0 Å². The van der Waals surface area contributed by atoms with Gasteiger partial charge in [-0.05, 0) is 54.9 Å². The smallest absolute Gasteiger partial charge is 0.0708 e. The average Bonchev–Trinajstić information content (AvgIpc) is 2.21. The van der Waals surface area contributed by atoms with Crippen molar-refractivity contribution in [3.63, 3.8) is 0 Å². The standard InChI is InChI=1S/C16H34O3/c1-9-14(19-13(2)3)12-16(7,8)18-11-10-17-15(4,5)6/h13-14H,9-12H2,1-8H3. The van der Waals surface area contributed by atoms with Crippen LogP contribution in [0.2, 0.25) is 0 Å². The van der Waals surface area contributed by atoms with Gasteiger partial charge in [-0.3, -0.25) is 0 Å². The quantitative estimate of drug-likeness (QED) is 0.590. The fraction of sp³-hybridized carbons (Fsp3) is 1.00. The summed E-state index contributed by atoms with van der Waals surface area (Å²) in [6.07, 6.45) is 2.46. The zero-order valence-electron chi connectivity index (χ0n) is 14.2. The Kier molecular flexibility index (Phi) is 8.18. The molecule has 0 aliphatic rings. The van der Waals surface area contributed by atoms with Crippen LogP contribution in [0.4, 0.5) is 0 Å². The minimum atomic E-state index is -0.170. The molecule has 3 nitrogen and oxygen atoms in total. The molecule has 0 bridgehead atoms. The van der Waals surface area contributed by atoms with Gasteiger partial charge in [-0.15, -0.1) is 0 Å². The second kappa shape index (κ2) is 8.23. The summed E-state index contributed by atoms with van der Waals surface area (Å²) in [6.45, 7) is 18.0. The van der Waals surface area contributed by atoms with E-state index in [0.717, 1.165) is 12.8 Å². The lowest BCUT2D eigenvalue weighted by molar-refractivity contribution is -0.105. The molecule has 19 heavy (non-hydrogen) atoms. The third-order valence-corrected chi connectivity index (χ3v) is 2.75. The third-order valence-electron chi connectivity index (χ3n) is 2.75. The SMILES string of the molecule is CCC(CC(C)(C)OCCOC(C)(C)C)OC(C)C. The van der Waals surface area contributed by atoms with Crippen LogP contribution in [0.15, 0.2) is 0 Å². The van der Waals surface area contributed by atoms with Crippen molar-refractivity contribution in [1.82, 2.24) is 0 Å². The molecule has 116 valence electrons. The molecule has 3 heteroatoms. The first kappa shape index (κ1) is 18.9. The van der Waals surface area contributed by atoms with Crippen LogP contribution >= 0.6 is 0 Å². The van der Waals surface area contributed by atoms with E-state index in [0.29, 0.717) is 13.2 Å². The van der Waals surface area contributed by atoms with Crippen molar-refractivity contribution in [2.45, 2.75) is 91.6 Å². The molecular weight excluding hydrogens is 240 g/mol. The van der Waals surface area contributed by atoms with Crippen molar-refractivity contribution in [3.8, 4) is 0 Å². The topological polar surface area (TPSA) is 27.7 Å². The molecule has 0 fully saturated rings. The van der Waals surface area contributed by atoms with E-state index in [2.05, 4.69) is 55.4 Å². The molecule has 0 radical (unpaired) electrons. The largest absolute Gasteiger partial charge is 0.375 e. The van der Waals surface area contributed by atoms with Gasteiger partial charge in [-0.1, -0.05) is 6.92 Å². The van der Waals surface area contributed by atoms with Gasteiger partial charge in [-0.25, -0.2) is 0 Å². The maximum absolute atomic E-state index is 5.93. The summed E-state index contributed by atoms with van der Waals surface area (Å²) in [5.74, 6) is 0. The Bertz CT molecular complexity index is 229. The number of hydrogen-bond donors (Lipinski definition) is 0. The van der Waals surface area contributed by atoms with Crippen LogP contribution in [0.25, 0.3) is 0 Å². The van der Waals surface area contributed by atoms with Gasteiger partial charge in [0, 0.05) is 6.42 Å². The van der Waals surface area contributed by atoms with Crippen LogP contribution in [0.5, 0.6) is 0 Å². The van der Waals surface area contributed by atoms with E-state index in [9.17, 15) is 0 Å². The van der Waals surface area contributed by atoms with Gasteiger partial charge in [0.1, 0.15) is 0 Å². The number of hydrogen-bond acceptors (Lipinski definition) is 3. The molecule has 1 unspecified atom stereocenters. The zero-order chi connectivity index (χ0) is 15.1. The molecule has 0 amide bonds. The third kappa shape index (κ3) is 11.4. The Morgan fingerprint density at radius 3 is 1.84 bits per heavy atom. The molecule has 0 saturated heterocycles. The highest BCUT2D eigenvalue weighted by Gasteiger charge is 2.24. The van der Waals surface area contributed by atoms with Gasteiger partial charge in [0.15, 0.2) is 0 Å². The van der Waals surface area contributed by atoms with Gasteiger partial charge < -0.3 is 14.2 Å². The molecule has 0 spiro atoms. The van der Waals surface area contributed by atoms with E-state index in [4.69, 9.17) is 14.2 Å². The van der Waals surface area contributed by atoms with Crippen LogP contribution in [-0.4, -0.2) is 36.6 Å². The Morgan fingerprint density at radius 1 is 0.895 bits per heavy atom. The lowest BCUT2D eigenvalue weighted by Gasteiger charge is -2.31. The summed E-state index contributed by atoms with van der Waals surface area (Å²) >= 11 is 0. The van der Waals surface area contributed by atoms with Crippen molar-refractivity contribution in [1.29, 1.82) is 0 Å². The first-order valence-corrected chi connectivity index (χ1v) is 7.49. The summed E-state index contributed by atoms with van der Waals surface area (Å²) in [7, 11) is 0. The van der Waals surface area contributed by atoms with E-state index in [1.807, 2.05) is 0 Å². The maximum atomic E-state index is 5.93. The van der Waals surface area contributed by atoms with Gasteiger partial charge in [0.2, 0.25) is 0 Å². The summed E-state index contributed by atoms with van der Waals surface area (Å²) < 4.78 is 17.5. The lowest BCUT2D eigenvalue weighted by Crippen LogP contribution is -2.34. The van der Waals surface area contributed by atoms with Crippen molar-refractivity contribution in [3.05, 3.63) is 0 Å². The fourth-order valence-electron chi connectivity index (χ4n) is 1.95. The highest BCUT2D eigenvalue weighted by molar-refractivity contribution is 4.74. The molecule has 0 saturated carbocycles. The van der Waals surface area contributed by atoms with Crippen LogP contribution in [0.1, 0.15) is 68.2 Å². The van der Waals surface area contributed by atoms with E-state index >= 15 is 0 Å². The van der Waals surface area contributed by atoms with Gasteiger partial charge >= 0.3 is 0 Å². The highest BCUT2D eigenvalue weighted by Crippen LogP contribution is 2.21. The maximum Gasteiger partial charge on any atom is 0.0708 e. The van der Waals surface area contributed by atoms with Crippen molar-refractivity contribution in [2.24, 2.45) is 0 Å². The van der Waals surface area contributed by atoms with E-state index in [1.54, 1.807) is 0 Å². The Balaban J connectivity index is 4.02. The van der Waals surface area contributed by atoms with Crippen LogP contribution in [0, 0.1) is 0 Å². The molecule has 0 aromatic rings.